The van der Waals surface area contributed by atoms with E-state index in [2.05, 4.69) is 104 Å². The van der Waals surface area contributed by atoms with E-state index in [1.165, 1.54) is 109 Å². The van der Waals surface area contributed by atoms with E-state index in [-0.39, 0.29) is 12.5 Å². The van der Waals surface area contributed by atoms with Gasteiger partial charge in [0.05, 0.1) is 25.4 Å². The van der Waals surface area contributed by atoms with Crippen LogP contribution in [0.5, 0.6) is 0 Å². The van der Waals surface area contributed by atoms with Crippen molar-refractivity contribution in [1.82, 2.24) is 5.32 Å². The van der Waals surface area contributed by atoms with Crippen LogP contribution in [-0.2, 0) is 14.3 Å². The Balaban J connectivity index is 2.10. The van der Waals surface area contributed by atoms with Gasteiger partial charge in [0.1, 0.15) is 24.4 Å². The monoisotopic (exact) mass is 940 g/mol. The van der Waals surface area contributed by atoms with Crippen LogP contribution in [0, 0.1) is 0 Å². The predicted octanol–water partition coefficient (Wildman–Crippen LogP) is 13.1. The summed E-state index contributed by atoms with van der Waals surface area (Å²) in [4.78, 5) is 13.0. The highest BCUT2D eigenvalue weighted by atomic mass is 16.7. The highest BCUT2D eigenvalue weighted by molar-refractivity contribution is 5.76. The zero-order valence-electron chi connectivity index (χ0n) is 42.6. The third kappa shape index (κ3) is 36.9. The van der Waals surface area contributed by atoms with E-state index in [1.54, 1.807) is 0 Å². The lowest BCUT2D eigenvalue weighted by Crippen LogP contribution is -2.60. The van der Waals surface area contributed by atoms with E-state index in [4.69, 9.17) is 9.47 Å². The molecule has 6 N–H and O–H groups in total. The van der Waals surface area contributed by atoms with Gasteiger partial charge in [-0.05, 0) is 70.6 Å². The first-order valence-corrected chi connectivity index (χ1v) is 27.3. The van der Waals surface area contributed by atoms with Crippen molar-refractivity contribution in [2.24, 2.45) is 0 Å². The van der Waals surface area contributed by atoms with Gasteiger partial charge in [-0.15, -0.1) is 0 Å². The zero-order valence-corrected chi connectivity index (χ0v) is 42.6. The summed E-state index contributed by atoms with van der Waals surface area (Å²) >= 11 is 0. The summed E-state index contributed by atoms with van der Waals surface area (Å²) < 4.78 is 11.2. The second-order valence-electron chi connectivity index (χ2n) is 18.6. The minimum atomic E-state index is -1.55. The van der Waals surface area contributed by atoms with E-state index >= 15 is 0 Å². The molecule has 0 spiro atoms. The summed E-state index contributed by atoms with van der Waals surface area (Å²) in [6.07, 6.45) is 59.1. The molecule has 0 aromatic carbocycles. The Morgan fingerprint density at radius 3 is 1.37 bits per heavy atom. The SMILES string of the molecule is CC/C=C\C/C=C\C/C=C\C/C=C\C/C=C\C/C=C\C/C=C\CCCCCCCCCCCCCCCC(=O)NC(COC1OC(CO)C(O)C(O)C1O)C(O)CCCCCCCCCCC. The van der Waals surface area contributed by atoms with Gasteiger partial charge in [0, 0.05) is 6.42 Å². The average molecular weight is 940 g/mol. The number of aliphatic hydroxyl groups excluding tert-OH is 5. The number of carbonyl (C=O) groups is 1. The molecule has 1 amide bonds. The molecular formula is C58H101NO8. The van der Waals surface area contributed by atoms with Crippen molar-refractivity contribution in [3.63, 3.8) is 0 Å². The van der Waals surface area contributed by atoms with Crippen LogP contribution < -0.4 is 5.32 Å². The molecule has 386 valence electrons. The van der Waals surface area contributed by atoms with Crippen LogP contribution in [-0.4, -0.2) is 87.5 Å². The molecule has 9 heteroatoms. The van der Waals surface area contributed by atoms with Gasteiger partial charge in [-0.3, -0.25) is 4.79 Å². The quantitative estimate of drug-likeness (QED) is 0.0261. The topological polar surface area (TPSA) is 149 Å². The van der Waals surface area contributed by atoms with Crippen molar-refractivity contribution in [2.45, 2.75) is 262 Å². The van der Waals surface area contributed by atoms with Gasteiger partial charge in [0.15, 0.2) is 6.29 Å². The zero-order chi connectivity index (χ0) is 48.7. The first kappa shape index (κ1) is 62.4. The lowest BCUT2D eigenvalue weighted by Gasteiger charge is -2.40. The third-order valence-electron chi connectivity index (χ3n) is 12.5. The molecule has 9 nitrogen and oxygen atoms in total. The molecule has 1 heterocycles. The molecule has 1 aliphatic rings. The van der Waals surface area contributed by atoms with Crippen molar-refractivity contribution in [3.8, 4) is 0 Å². The Morgan fingerprint density at radius 1 is 0.522 bits per heavy atom. The summed E-state index contributed by atoms with van der Waals surface area (Å²) in [5.74, 6) is -0.151. The molecular weight excluding hydrogens is 839 g/mol. The van der Waals surface area contributed by atoms with Gasteiger partial charge < -0.3 is 40.3 Å². The summed E-state index contributed by atoms with van der Waals surface area (Å²) in [6.45, 7) is 3.69. The number of unbranched alkanes of at least 4 members (excludes halogenated alkanes) is 21. The van der Waals surface area contributed by atoms with E-state index in [9.17, 15) is 30.3 Å². The first-order chi connectivity index (χ1) is 32.8. The standard InChI is InChI=1S/C58H101NO8/c1-3-5-7-9-11-13-14-15-16-17-18-19-20-21-22-23-24-25-26-27-28-29-30-31-32-33-34-35-36-37-38-40-42-44-46-48-54(62)59-51(52(61)47-45-43-41-39-12-10-8-6-4-2)50-66-58-57(65)56(64)55(63)53(49-60)67-58/h5,7,11,13,15-16,18-19,21-22,24-25,27-28,51-53,55-58,60-61,63-65H,3-4,6,8-10,12,14,17,20,23,26,29-50H2,1-2H3,(H,59,62)/b7-5-,13-11-,16-15-,19-18-,22-21-,25-24-,28-27-. The number of aliphatic hydroxyl groups is 5. The average Bonchev–Trinajstić information content (AvgIpc) is 3.33. The number of carbonyl (C=O) groups excluding carboxylic acids is 1. The van der Waals surface area contributed by atoms with Crippen LogP contribution in [0.2, 0.25) is 0 Å². The third-order valence-corrected chi connectivity index (χ3v) is 12.5. The Kier molecular flexibility index (Phi) is 43.8. The Bertz CT molecular complexity index is 1320. The molecule has 0 aromatic rings. The van der Waals surface area contributed by atoms with Crippen LogP contribution in [0.15, 0.2) is 85.1 Å². The minimum absolute atomic E-state index is 0.141. The normalized spacial score (nSPS) is 20.4. The second-order valence-corrected chi connectivity index (χ2v) is 18.6. The number of amides is 1. The highest BCUT2D eigenvalue weighted by Crippen LogP contribution is 2.23. The predicted molar refractivity (Wildman–Crippen MR) is 281 cm³/mol. The number of rotatable bonds is 45. The summed E-state index contributed by atoms with van der Waals surface area (Å²) in [7, 11) is 0. The summed E-state index contributed by atoms with van der Waals surface area (Å²) in [6, 6.07) is -0.721. The number of ether oxygens (including phenoxy) is 2. The van der Waals surface area contributed by atoms with Gasteiger partial charge >= 0.3 is 0 Å². The van der Waals surface area contributed by atoms with Crippen LogP contribution in [0.25, 0.3) is 0 Å². The fourth-order valence-corrected chi connectivity index (χ4v) is 8.20. The lowest BCUT2D eigenvalue weighted by atomic mass is 9.99. The van der Waals surface area contributed by atoms with Gasteiger partial charge in [0.25, 0.3) is 0 Å². The largest absolute Gasteiger partial charge is 0.394 e. The van der Waals surface area contributed by atoms with Gasteiger partial charge in [-0.25, -0.2) is 0 Å². The molecule has 1 fully saturated rings. The molecule has 67 heavy (non-hydrogen) atoms. The van der Waals surface area contributed by atoms with Gasteiger partial charge in [-0.2, -0.15) is 0 Å². The van der Waals surface area contributed by atoms with Crippen molar-refractivity contribution < 1.29 is 39.8 Å². The fraction of sp³-hybridized carbons (Fsp3) is 0.741. The Hall–Kier alpha value is -2.63. The minimum Gasteiger partial charge on any atom is -0.394 e. The maximum atomic E-state index is 13.0. The molecule has 1 rings (SSSR count). The Morgan fingerprint density at radius 2 is 0.925 bits per heavy atom. The van der Waals surface area contributed by atoms with Crippen LogP contribution in [0.3, 0.4) is 0 Å². The number of hydrogen-bond acceptors (Lipinski definition) is 8. The summed E-state index contributed by atoms with van der Waals surface area (Å²) in [5.41, 5.74) is 0. The first-order valence-electron chi connectivity index (χ1n) is 27.3. The van der Waals surface area contributed by atoms with Crippen molar-refractivity contribution in [2.75, 3.05) is 13.2 Å². The van der Waals surface area contributed by atoms with Crippen molar-refractivity contribution in [3.05, 3.63) is 85.1 Å². The van der Waals surface area contributed by atoms with Crippen molar-refractivity contribution >= 4 is 5.91 Å². The molecule has 0 bridgehead atoms. The molecule has 0 radical (unpaired) electrons. The molecule has 1 aliphatic heterocycles. The lowest BCUT2D eigenvalue weighted by molar-refractivity contribution is -0.302. The van der Waals surface area contributed by atoms with Crippen LogP contribution >= 0.6 is 0 Å². The molecule has 0 aromatic heterocycles. The van der Waals surface area contributed by atoms with Crippen LogP contribution in [0.4, 0.5) is 0 Å². The number of hydrogen-bond donors (Lipinski definition) is 6. The number of allylic oxidation sites excluding steroid dienone is 14. The molecule has 0 saturated carbocycles. The van der Waals surface area contributed by atoms with Gasteiger partial charge in [-0.1, -0.05) is 227 Å². The molecule has 1 saturated heterocycles. The molecule has 0 aliphatic carbocycles. The van der Waals surface area contributed by atoms with Crippen molar-refractivity contribution in [1.29, 1.82) is 0 Å². The van der Waals surface area contributed by atoms with E-state index in [0.717, 1.165) is 83.5 Å². The van der Waals surface area contributed by atoms with E-state index < -0.39 is 49.5 Å². The maximum absolute atomic E-state index is 13.0. The molecule has 7 unspecified atom stereocenters. The second kappa shape index (κ2) is 47.1. The van der Waals surface area contributed by atoms with E-state index in [0.29, 0.717) is 12.8 Å². The van der Waals surface area contributed by atoms with Crippen LogP contribution in [0.1, 0.15) is 219 Å². The highest BCUT2D eigenvalue weighted by Gasteiger charge is 2.44. The molecule has 7 atom stereocenters. The Labute approximate surface area is 410 Å². The maximum Gasteiger partial charge on any atom is 0.220 e. The summed E-state index contributed by atoms with van der Waals surface area (Å²) in [5, 5.41) is 54.3. The van der Waals surface area contributed by atoms with E-state index in [1.807, 2.05) is 0 Å². The smallest absolute Gasteiger partial charge is 0.220 e. The fourth-order valence-electron chi connectivity index (χ4n) is 8.20. The van der Waals surface area contributed by atoms with Gasteiger partial charge in [0.2, 0.25) is 5.91 Å². The number of nitrogens with one attached hydrogen (secondary N) is 1.